The lowest BCUT2D eigenvalue weighted by Gasteiger charge is -2.14. The Hall–Kier alpha value is -3.07. The van der Waals surface area contributed by atoms with Crippen LogP contribution in [0.1, 0.15) is 13.3 Å². The van der Waals surface area contributed by atoms with E-state index in [-0.39, 0.29) is 24.2 Å². The van der Waals surface area contributed by atoms with Crippen molar-refractivity contribution in [2.75, 3.05) is 5.32 Å². The van der Waals surface area contributed by atoms with Crippen LogP contribution >= 0.6 is 15.9 Å². The number of fused-ring (bicyclic) bond motifs is 1. The Labute approximate surface area is 173 Å². The van der Waals surface area contributed by atoms with Gasteiger partial charge in [-0.1, -0.05) is 28.1 Å². The third-order valence-electron chi connectivity index (χ3n) is 4.15. The van der Waals surface area contributed by atoms with E-state index in [0.717, 1.165) is 0 Å². The normalized spacial score (nSPS) is 11.8. The second kappa shape index (κ2) is 8.95. The fourth-order valence-corrected chi connectivity index (χ4v) is 2.95. The van der Waals surface area contributed by atoms with E-state index in [0.29, 0.717) is 15.4 Å². The van der Waals surface area contributed by atoms with E-state index >= 15 is 0 Å². The standard InChI is InChI=1S/C20H17BrFN3O4/c1-12(19(27)24-17-7-6-13(21)10-15(17)22)29-18(26)8-9-25-11-23-16-5-3-2-4-14(16)20(25)28/h2-7,10-12H,8-9H2,1H3,(H,24,27). The number of ether oxygens (including phenoxy) is 1. The van der Waals surface area contributed by atoms with E-state index < -0.39 is 23.8 Å². The molecule has 0 fully saturated rings. The topological polar surface area (TPSA) is 90.3 Å². The van der Waals surface area contributed by atoms with Crippen molar-refractivity contribution in [1.82, 2.24) is 9.55 Å². The van der Waals surface area contributed by atoms with Crippen molar-refractivity contribution in [1.29, 1.82) is 0 Å². The minimum absolute atomic E-state index is 0.0186. The Morgan fingerprint density at radius 3 is 2.79 bits per heavy atom. The lowest BCUT2D eigenvalue weighted by atomic mass is 10.2. The average Bonchev–Trinajstić information content (AvgIpc) is 2.69. The van der Waals surface area contributed by atoms with Gasteiger partial charge in [-0.25, -0.2) is 9.37 Å². The summed E-state index contributed by atoms with van der Waals surface area (Å²) in [4.78, 5) is 40.8. The number of anilines is 1. The molecule has 1 aromatic heterocycles. The Balaban J connectivity index is 1.57. The zero-order valence-electron chi connectivity index (χ0n) is 15.4. The number of carbonyl (C=O) groups is 2. The lowest BCUT2D eigenvalue weighted by Crippen LogP contribution is -2.31. The fourth-order valence-electron chi connectivity index (χ4n) is 2.61. The van der Waals surface area contributed by atoms with Gasteiger partial charge in [-0.3, -0.25) is 19.0 Å². The van der Waals surface area contributed by atoms with Gasteiger partial charge in [0.1, 0.15) is 5.82 Å². The number of para-hydroxylation sites is 1. The number of nitrogens with one attached hydrogen (secondary N) is 1. The van der Waals surface area contributed by atoms with Crippen LogP contribution in [0.5, 0.6) is 0 Å². The third kappa shape index (κ3) is 5.05. The number of aromatic nitrogens is 2. The van der Waals surface area contributed by atoms with Gasteiger partial charge in [0.2, 0.25) is 0 Å². The van der Waals surface area contributed by atoms with Gasteiger partial charge in [0.05, 0.1) is 29.3 Å². The molecule has 1 N–H and O–H groups in total. The van der Waals surface area contributed by atoms with Gasteiger partial charge in [-0.05, 0) is 37.3 Å². The lowest BCUT2D eigenvalue weighted by molar-refractivity contribution is -0.153. The van der Waals surface area contributed by atoms with Crippen LogP contribution in [0.3, 0.4) is 0 Å². The van der Waals surface area contributed by atoms with Crippen molar-refractivity contribution < 1.29 is 18.7 Å². The Morgan fingerprint density at radius 1 is 1.28 bits per heavy atom. The Morgan fingerprint density at radius 2 is 2.03 bits per heavy atom. The molecule has 0 spiro atoms. The molecule has 29 heavy (non-hydrogen) atoms. The van der Waals surface area contributed by atoms with E-state index in [4.69, 9.17) is 4.74 Å². The van der Waals surface area contributed by atoms with E-state index in [1.165, 1.54) is 30.0 Å². The highest BCUT2D eigenvalue weighted by atomic mass is 79.9. The molecule has 0 aliphatic rings. The first-order chi connectivity index (χ1) is 13.8. The summed E-state index contributed by atoms with van der Waals surface area (Å²) in [5.74, 6) is -1.94. The smallest absolute Gasteiger partial charge is 0.308 e. The van der Waals surface area contributed by atoms with Crippen molar-refractivity contribution in [3.05, 3.63) is 69.4 Å². The number of rotatable bonds is 6. The molecular formula is C20H17BrFN3O4. The van der Waals surface area contributed by atoms with E-state index in [2.05, 4.69) is 26.2 Å². The van der Waals surface area contributed by atoms with Crippen LogP contribution in [-0.4, -0.2) is 27.5 Å². The van der Waals surface area contributed by atoms with Gasteiger partial charge in [-0.2, -0.15) is 0 Å². The van der Waals surface area contributed by atoms with Crippen LogP contribution in [0, 0.1) is 5.82 Å². The summed E-state index contributed by atoms with van der Waals surface area (Å²) in [7, 11) is 0. The maximum atomic E-state index is 13.8. The number of halogens is 2. The summed E-state index contributed by atoms with van der Waals surface area (Å²) in [5.41, 5.74) is 0.289. The summed E-state index contributed by atoms with van der Waals surface area (Å²) in [6, 6.07) is 11.1. The van der Waals surface area contributed by atoms with Crippen molar-refractivity contribution in [3.63, 3.8) is 0 Å². The average molecular weight is 462 g/mol. The molecule has 9 heteroatoms. The number of aryl methyl sites for hydroxylation is 1. The molecule has 0 saturated carbocycles. The van der Waals surface area contributed by atoms with Crippen molar-refractivity contribution in [2.24, 2.45) is 0 Å². The zero-order chi connectivity index (χ0) is 21.0. The van der Waals surface area contributed by atoms with E-state index in [9.17, 15) is 18.8 Å². The monoisotopic (exact) mass is 461 g/mol. The van der Waals surface area contributed by atoms with Gasteiger partial charge in [0.25, 0.3) is 11.5 Å². The molecule has 0 aliphatic heterocycles. The fraction of sp³-hybridized carbons (Fsp3) is 0.200. The van der Waals surface area contributed by atoms with Crippen LogP contribution < -0.4 is 10.9 Å². The molecule has 0 radical (unpaired) electrons. The number of benzene rings is 2. The van der Waals surface area contributed by atoms with Crippen LogP contribution in [0.15, 0.2) is 58.1 Å². The highest BCUT2D eigenvalue weighted by Crippen LogP contribution is 2.19. The van der Waals surface area contributed by atoms with Gasteiger partial charge in [0, 0.05) is 11.0 Å². The quantitative estimate of drug-likeness (QED) is 0.568. The summed E-state index contributed by atoms with van der Waals surface area (Å²) in [5, 5.41) is 2.82. The summed E-state index contributed by atoms with van der Waals surface area (Å²) in [6.45, 7) is 1.44. The molecule has 150 valence electrons. The molecule has 0 saturated heterocycles. The Kier molecular flexibility index (Phi) is 6.38. The first kappa shape index (κ1) is 20.7. The Bertz CT molecular complexity index is 1130. The van der Waals surface area contributed by atoms with Gasteiger partial charge in [-0.15, -0.1) is 0 Å². The van der Waals surface area contributed by atoms with Gasteiger partial charge >= 0.3 is 5.97 Å². The minimum Gasteiger partial charge on any atom is -0.452 e. The first-order valence-corrected chi connectivity index (χ1v) is 9.54. The first-order valence-electron chi connectivity index (χ1n) is 8.74. The summed E-state index contributed by atoms with van der Waals surface area (Å²) >= 11 is 3.13. The predicted octanol–water partition coefficient (Wildman–Crippen LogP) is 3.26. The van der Waals surface area contributed by atoms with Crippen molar-refractivity contribution >= 4 is 44.4 Å². The molecule has 1 heterocycles. The van der Waals surface area contributed by atoms with E-state index in [1.807, 2.05) is 0 Å². The molecule has 3 aromatic rings. The number of hydrogen-bond donors (Lipinski definition) is 1. The largest absolute Gasteiger partial charge is 0.452 e. The molecule has 1 unspecified atom stereocenters. The minimum atomic E-state index is -1.13. The molecule has 0 bridgehead atoms. The summed E-state index contributed by atoms with van der Waals surface area (Å²) < 4.78 is 20.7. The van der Waals surface area contributed by atoms with Gasteiger partial charge in [0.15, 0.2) is 6.10 Å². The highest BCUT2D eigenvalue weighted by molar-refractivity contribution is 9.10. The van der Waals surface area contributed by atoms with Crippen LogP contribution in [0.2, 0.25) is 0 Å². The number of esters is 1. The molecule has 7 nitrogen and oxygen atoms in total. The molecule has 0 aliphatic carbocycles. The molecule has 1 amide bonds. The maximum Gasteiger partial charge on any atom is 0.308 e. The maximum absolute atomic E-state index is 13.8. The van der Waals surface area contributed by atoms with Crippen molar-refractivity contribution in [2.45, 2.75) is 26.0 Å². The predicted molar refractivity (Wildman–Crippen MR) is 109 cm³/mol. The number of nitrogens with zero attached hydrogens (tertiary/aromatic N) is 2. The van der Waals surface area contributed by atoms with Crippen molar-refractivity contribution in [3.8, 4) is 0 Å². The number of hydrogen-bond acceptors (Lipinski definition) is 5. The molecule has 3 rings (SSSR count). The number of carbonyl (C=O) groups excluding carboxylic acids is 2. The van der Waals surface area contributed by atoms with E-state index in [1.54, 1.807) is 30.3 Å². The van der Waals surface area contributed by atoms with Gasteiger partial charge < -0.3 is 10.1 Å². The highest BCUT2D eigenvalue weighted by Gasteiger charge is 2.19. The summed E-state index contributed by atoms with van der Waals surface area (Å²) in [6.07, 6.45) is 0.117. The van der Waals surface area contributed by atoms with Crippen LogP contribution in [-0.2, 0) is 20.9 Å². The second-order valence-corrected chi connectivity index (χ2v) is 7.17. The second-order valence-electron chi connectivity index (χ2n) is 6.26. The zero-order valence-corrected chi connectivity index (χ0v) is 17.0. The SMILES string of the molecule is CC(OC(=O)CCn1cnc2ccccc2c1=O)C(=O)Nc1ccc(Br)cc1F. The third-order valence-corrected chi connectivity index (χ3v) is 4.65. The van der Waals surface area contributed by atoms with Crippen LogP contribution in [0.25, 0.3) is 10.9 Å². The van der Waals surface area contributed by atoms with Crippen LogP contribution in [0.4, 0.5) is 10.1 Å². The number of amides is 1. The molecule has 1 atom stereocenters. The molecular weight excluding hydrogens is 445 g/mol. The molecule has 2 aromatic carbocycles.